The quantitative estimate of drug-likeness (QED) is 0.644. The summed E-state index contributed by atoms with van der Waals surface area (Å²) in [5.74, 6) is -0.111. The summed E-state index contributed by atoms with van der Waals surface area (Å²) in [5.41, 5.74) is 0. The van der Waals surface area contributed by atoms with Gasteiger partial charge in [-0.3, -0.25) is 4.79 Å². The zero-order valence-electron chi connectivity index (χ0n) is 9.22. The molecule has 0 saturated carbocycles. The first-order valence-corrected chi connectivity index (χ1v) is 5.67. The Kier molecular flexibility index (Phi) is 5.45. The van der Waals surface area contributed by atoms with Crippen molar-refractivity contribution in [2.24, 2.45) is 0 Å². The summed E-state index contributed by atoms with van der Waals surface area (Å²) < 4.78 is 4.58. The summed E-state index contributed by atoms with van der Waals surface area (Å²) in [7, 11) is 0. The van der Waals surface area contributed by atoms with E-state index in [4.69, 9.17) is 4.74 Å². The number of esters is 1. The maximum atomic E-state index is 11.5. The zero-order valence-corrected chi connectivity index (χ0v) is 10.0. The number of hydrogen-bond acceptors (Lipinski definition) is 3. The minimum absolute atomic E-state index is 0.111. The van der Waals surface area contributed by atoms with Crippen molar-refractivity contribution >= 4 is 17.7 Å². The van der Waals surface area contributed by atoms with Crippen molar-refractivity contribution in [2.45, 2.75) is 51.0 Å². The van der Waals surface area contributed by atoms with Crippen LogP contribution >= 0.6 is 11.8 Å². The molecule has 1 atom stereocenters. The summed E-state index contributed by atoms with van der Waals surface area (Å²) in [5, 5.41) is 0.499. The van der Waals surface area contributed by atoms with Crippen molar-refractivity contribution in [3.05, 3.63) is 0 Å². The SMILES string of the molecule is CCOC(=O)C(C)(C)S[C@H](C)CC. The van der Waals surface area contributed by atoms with Crippen molar-refractivity contribution in [3.63, 3.8) is 0 Å². The van der Waals surface area contributed by atoms with E-state index < -0.39 is 4.75 Å². The molecule has 0 radical (unpaired) electrons. The van der Waals surface area contributed by atoms with Crippen LogP contribution in [0.25, 0.3) is 0 Å². The monoisotopic (exact) mass is 204 g/mol. The highest BCUT2D eigenvalue weighted by Crippen LogP contribution is 2.31. The van der Waals surface area contributed by atoms with Gasteiger partial charge in [-0.15, -0.1) is 11.8 Å². The maximum Gasteiger partial charge on any atom is 0.321 e. The Labute approximate surface area is 85.4 Å². The van der Waals surface area contributed by atoms with E-state index in [-0.39, 0.29) is 5.97 Å². The molecule has 0 bridgehead atoms. The average molecular weight is 204 g/mol. The predicted octanol–water partition coefficient (Wildman–Crippen LogP) is 2.86. The summed E-state index contributed by atoms with van der Waals surface area (Å²) in [4.78, 5) is 11.5. The van der Waals surface area contributed by atoms with Gasteiger partial charge in [-0.1, -0.05) is 13.8 Å². The Morgan fingerprint density at radius 3 is 2.38 bits per heavy atom. The van der Waals surface area contributed by atoms with E-state index in [0.29, 0.717) is 11.9 Å². The van der Waals surface area contributed by atoms with E-state index in [2.05, 4.69) is 13.8 Å². The van der Waals surface area contributed by atoms with Gasteiger partial charge in [0.15, 0.2) is 0 Å². The third-order valence-electron chi connectivity index (χ3n) is 1.84. The Balaban J connectivity index is 4.13. The van der Waals surface area contributed by atoms with E-state index in [1.807, 2.05) is 20.8 Å². The topological polar surface area (TPSA) is 26.3 Å². The van der Waals surface area contributed by atoms with Crippen LogP contribution in [0.3, 0.4) is 0 Å². The van der Waals surface area contributed by atoms with Gasteiger partial charge in [-0.2, -0.15) is 0 Å². The zero-order chi connectivity index (χ0) is 10.5. The molecular weight excluding hydrogens is 184 g/mol. The first kappa shape index (κ1) is 12.8. The number of hydrogen-bond donors (Lipinski definition) is 0. The van der Waals surface area contributed by atoms with Gasteiger partial charge in [0.05, 0.1) is 6.61 Å². The van der Waals surface area contributed by atoms with Crippen LogP contribution in [-0.2, 0) is 9.53 Å². The summed E-state index contributed by atoms with van der Waals surface area (Å²) >= 11 is 1.68. The Bertz CT molecular complexity index is 166. The van der Waals surface area contributed by atoms with E-state index >= 15 is 0 Å². The normalized spacial score (nSPS) is 13.9. The molecule has 0 spiro atoms. The van der Waals surface area contributed by atoms with Crippen LogP contribution in [0.2, 0.25) is 0 Å². The minimum atomic E-state index is -0.411. The van der Waals surface area contributed by atoms with Crippen LogP contribution in [0.4, 0.5) is 0 Å². The summed E-state index contributed by atoms with van der Waals surface area (Å²) in [6.07, 6.45) is 1.08. The molecule has 0 aliphatic carbocycles. The van der Waals surface area contributed by atoms with Gasteiger partial charge in [0.25, 0.3) is 0 Å². The molecule has 13 heavy (non-hydrogen) atoms. The predicted molar refractivity (Wildman–Crippen MR) is 58.1 cm³/mol. The fourth-order valence-electron chi connectivity index (χ4n) is 0.939. The average Bonchev–Trinajstić information content (AvgIpc) is 2.04. The van der Waals surface area contributed by atoms with Gasteiger partial charge in [0.1, 0.15) is 4.75 Å². The highest BCUT2D eigenvalue weighted by molar-refractivity contribution is 8.01. The maximum absolute atomic E-state index is 11.5. The third-order valence-corrected chi connectivity index (χ3v) is 3.33. The highest BCUT2D eigenvalue weighted by Gasteiger charge is 2.31. The standard InChI is InChI=1S/C10H20O2S/c1-6-8(3)13-10(4,5)9(11)12-7-2/h8H,6-7H2,1-5H3/t8-/m1/s1. The molecule has 0 heterocycles. The number of carbonyl (C=O) groups is 1. The molecule has 2 nitrogen and oxygen atoms in total. The van der Waals surface area contributed by atoms with Crippen molar-refractivity contribution in [1.82, 2.24) is 0 Å². The molecular formula is C10H20O2S. The van der Waals surface area contributed by atoms with Crippen LogP contribution in [0.15, 0.2) is 0 Å². The van der Waals surface area contributed by atoms with Crippen molar-refractivity contribution in [1.29, 1.82) is 0 Å². The third kappa shape index (κ3) is 4.55. The van der Waals surface area contributed by atoms with Crippen molar-refractivity contribution < 1.29 is 9.53 Å². The van der Waals surface area contributed by atoms with E-state index in [0.717, 1.165) is 6.42 Å². The molecule has 0 saturated heterocycles. The van der Waals surface area contributed by atoms with Gasteiger partial charge >= 0.3 is 5.97 Å². The highest BCUT2D eigenvalue weighted by atomic mass is 32.2. The first-order valence-electron chi connectivity index (χ1n) is 4.79. The number of thioether (sulfide) groups is 1. The summed E-state index contributed by atoms with van der Waals surface area (Å²) in [6, 6.07) is 0. The van der Waals surface area contributed by atoms with E-state index in [1.165, 1.54) is 0 Å². The molecule has 3 heteroatoms. The lowest BCUT2D eigenvalue weighted by Gasteiger charge is -2.24. The molecule has 0 aromatic heterocycles. The molecule has 0 unspecified atom stereocenters. The number of carbonyl (C=O) groups excluding carboxylic acids is 1. The lowest BCUT2D eigenvalue weighted by molar-refractivity contribution is -0.145. The lowest BCUT2D eigenvalue weighted by Crippen LogP contribution is -2.31. The lowest BCUT2D eigenvalue weighted by atomic mass is 10.2. The number of ether oxygens (including phenoxy) is 1. The second-order valence-electron chi connectivity index (χ2n) is 3.57. The molecule has 0 fully saturated rings. The second kappa shape index (κ2) is 5.53. The molecule has 0 rings (SSSR count). The van der Waals surface area contributed by atoms with Gasteiger partial charge in [-0.25, -0.2) is 0 Å². The first-order chi connectivity index (χ1) is 5.94. The Hall–Kier alpha value is -0.180. The molecule has 0 amide bonds. The molecule has 0 aromatic carbocycles. The largest absolute Gasteiger partial charge is 0.465 e. The fraction of sp³-hybridized carbons (Fsp3) is 0.900. The van der Waals surface area contributed by atoms with Crippen LogP contribution in [0, 0.1) is 0 Å². The van der Waals surface area contributed by atoms with Gasteiger partial charge in [0.2, 0.25) is 0 Å². The van der Waals surface area contributed by atoms with Crippen LogP contribution in [0.1, 0.15) is 41.0 Å². The van der Waals surface area contributed by atoms with Gasteiger partial charge in [-0.05, 0) is 27.2 Å². The molecule has 78 valence electrons. The molecule has 0 aliphatic rings. The van der Waals surface area contributed by atoms with E-state index in [9.17, 15) is 4.79 Å². The molecule has 0 N–H and O–H groups in total. The van der Waals surface area contributed by atoms with Gasteiger partial charge in [0, 0.05) is 5.25 Å². The number of rotatable bonds is 5. The minimum Gasteiger partial charge on any atom is -0.465 e. The van der Waals surface area contributed by atoms with Crippen molar-refractivity contribution in [3.8, 4) is 0 Å². The van der Waals surface area contributed by atoms with E-state index in [1.54, 1.807) is 11.8 Å². The second-order valence-corrected chi connectivity index (χ2v) is 5.63. The smallest absolute Gasteiger partial charge is 0.321 e. The Morgan fingerprint density at radius 2 is 2.00 bits per heavy atom. The van der Waals surface area contributed by atoms with Crippen LogP contribution in [0.5, 0.6) is 0 Å². The fourth-order valence-corrected chi connectivity index (χ4v) is 2.27. The molecule has 0 aromatic rings. The van der Waals surface area contributed by atoms with Crippen LogP contribution in [-0.4, -0.2) is 22.6 Å². The van der Waals surface area contributed by atoms with Crippen molar-refractivity contribution in [2.75, 3.05) is 6.61 Å². The molecule has 0 aliphatic heterocycles. The van der Waals surface area contributed by atoms with Crippen LogP contribution < -0.4 is 0 Å². The summed E-state index contributed by atoms with van der Waals surface area (Å²) in [6.45, 7) is 10.4. The van der Waals surface area contributed by atoms with Gasteiger partial charge < -0.3 is 4.74 Å². The Morgan fingerprint density at radius 1 is 1.46 bits per heavy atom.